The number of benzene rings is 1. The van der Waals surface area contributed by atoms with Crippen LogP contribution in [0.15, 0.2) is 34.2 Å². The highest BCUT2D eigenvalue weighted by atomic mass is 32.2. The van der Waals surface area contributed by atoms with Crippen LogP contribution in [0.3, 0.4) is 0 Å². The van der Waals surface area contributed by atoms with Crippen molar-refractivity contribution in [2.75, 3.05) is 19.5 Å². The van der Waals surface area contributed by atoms with E-state index in [-0.39, 0.29) is 5.84 Å². The SMILES string of the molecule is CSc1ccc([C@@H]2[C@]3(C#N)C(N)=NC4(OCCO4)[C@@]23C#N)cc1. The summed E-state index contributed by atoms with van der Waals surface area (Å²) < 4.78 is 11.4. The summed E-state index contributed by atoms with van der Waals surface area (Å²) in [5, 5.41) is 19.8. The number of rotatable bonds is 2. The van der Waals surface area contributed by atoms with Gasteiger partial charge in [-0.2, -0.15) is 10.5 Å². The van der Waals surface area contributed by atoms with E-state index in [2.05, 4.69) is 17.1 Å². The largest absolute Gasteiger partial charge is 0.386 e. The standard InChI is InChI=1S/C16H14N4O2S/c1-23-11-4-2-10(3-5-11)12-14(8-17)13(19)20-16(15(12,14)9-18)21-6-7-22-16/h2-5,12H,6-7H2,1H3,(H2,19,20)/t12-,14-,15+/m1/s1. The summed E-state index contributed by atoms with van der Waals surface area (Å²) in [6, 6.07) is 12.3. The predicted octanol–water partition coefficient (Wildman–Crippen LogP) is 1.60. The van der Waals surface area contributed by atoms with Crippen LogP contribution in [0.4, 0.5) is 0 Å². The quantitative estimate of drug-likeness (QED) is 0.828. The Labute approximate surface area is 137 Å². The minimum absolute atomic E-state index is 0.127. The number of thioether (sulfide) groups is 1. The molecule has 1 aliphatic carbocycles. The predicted molar refractivity (Wildman–Crippen MR) is 83.3 cm³/mol. The zero-order valence-electron chi connectivity index (χ0n) is 12.4. The molecular weight excluding hydrogens is 312 g/mol. The van der Waals surface area contributed by atoms with Crippen molar-refractivity contribution in [1.82, 2.24) is 0 Å². The number of nitriles is 2. The summed E-state index contributed by atoms with van der Waals surface area (Å²) in [4.78, 5) is 5.36. The minimum Gasteiger partial charge on any atom is -0.386 e. The highest BCUT2D eigenvalue weighted by molar-refractivity contribution is 7.98. The fourth-order valence-corrected chi connectivity index (χ4v) is 4.42. The molecule has 2 heterocycles. The lowest BCUT2D eigenvalue weighted by molar-refractivity contribution is -0.184. The van der Waals surface area contributed by atoms with E-state index in [4.69, 9.17) is 15.2 Å². The van der Waals surface area contributed by atoms with E-state index in [1.807, 2.05) is 30.5 Å². The molecule has 1 saturated heterocycles. The first-order chi connectivity index (χ1) is 11.1. The van der Waals surface area contributed by atoms with Crippen molar-refractivity contribution in [2.24, 2.45) is 21.6 Å². The number of amidine groups is 1. The van der Waals surface area contributed by atoms with E-state index in [9.17, 15) is 10.5 Å². The van der Waals surface area contributed by atoms with Crippen LogP contribution in [0.5, 0.6) is 0 Å². The van der Waals surface area contributed by atoms with Crippen molar-refractivity contribution in [3.63, 3.8) is 0 Å². The van der Waals surface area contributed by atoms with Crippen molar-refractivity contribution in [1.29, 1.82) is 10.5 Å². The lowest BCUT2D eigenvalue weighted by Crippen LogP contribution is -2.38. The van der Waals surface area contributed by atoms with Crippen LogP contribution in [-0.4, -0.2) is 31.2 Å². The Bertz CT molecular complexity index is 788. The third-order valence-electron chi connectivity index (χ3n) is 5.06. The average molecular weight is 326 g/mol. The van der Waals surface area contributed by atoms with Gasteiger partial charge in [-0.25, -0.2) is 4.99 Å². The van der Waals surface area contributed by atoms with Crippen molar-refractivity contribution in [3.8, 4) is 12.1 Å². The second-order valence-corrected chi connectivity index (χ2v) is 6.70. The molecule has 2 N–H and O–H groups in total. The molecule has 0 bridgehead atoms. The van der Waals surface area contributed by atoms with Gasteiger partial charge >= 0.3 is 0 Å². The van der Waals surface area contributed by atoms with Crippen molar-refractivity contribution >= 4 is 17.6 Å². The molecule has 23 heavy (non-hydrogen) atoms. The van der Waals surface area contributed by atoms with Gasteiger partial charge < -0.3 is 15.2 Å². The van der Waals surface area contributed by atoms with Gasteiger partial charge in [-0.3, -0.25) is 0 Å². The zero-order chi connectivity index (χ0) is 16.3. The Morgan fingerprint density at radius 3 is 2.39 bits per heavy atom. The maximum absolute atomic E-state index is 9.95. The third-order valence-corrected chi connectivity index (χ3v) is 5.80. The molecule has 2 fully saturated rings. The Kier molecular flexibility index (Phi) is 2.83. The molecule has 3 aliphatic rings. The summed E-state index contributed by atoms with van der Waals surface area (Å²) in [5.74, 6) is -1.73. The Hall–Kier alpha value is -2.06. The van der Waals surface area contributed by atoms with E-state index < -0.39 is 22.7 Å². The second kappa shape index (κ2) is 4.48. The lowest BCUT2D eigenvalue weighted by Gasteiger charge is -2.25. The van der Waals surface area contributed by atoms with Gasteiger partial charge in [-0.15, -0.1) is 11.8 Å². The first-order valence-corrected chi connectivity index (χ1v) is 8.44. The molecule has 1 spiro atoms. The number of ether oxygens (including phenoxy) is 2. The van der Waals surface area contributed by atoms with Gasteiger partial charge in [0, 0.05) is 10.8 Å². The van der Waals surface area contributed by atoms with Gasteiger partial charge in [0.25, 0.3) is 5.91 Å². The zero-order valence-corrected chi connectivity index (χ0v) is 13.3. The summed E-state index contributed by atoms with van der Waals surface area (Å²) in [7, 11) is 0. The highest BCUT2D eigenvalue weighted by Crippen LogP contribution is 2.82. The summed E-state index contributed by atoms with van der Waals surface area (Å²) in [5.41, 5.74) is 4.54. The lowest BCUT2D eigenvalue weighted by atomic mass is 9.94. The van der Waals surface area contributed by atoms with Gasteiger partial charge in [0.1, 0.15) is 11.3 Å². The number of fused-ring (bicyclic) bond motifs is 2. The molecule has 0 unspecified atom stereocenters. The number of hydrogen-bond acceptors (Lipinski definition) is 7. The van der Waals surface area contributed by atoms with Crippen LogP contribution in [-0.2, 0) is 9.47 Å². The molecule has 2 aliphatic heterocycles. The van der Waals surface area contributed by atoms with Gasteiger partial charge in [0.05, 0.1) is 25.4 Å². The third kappa shape index (κ3) is 1.39. The molecule has 0 aromatic heterocycles. The molecule has 7 heteroatoms. The second-order valence-electron chi connectivity index (χ2n) is 5.82. The molecular formula is C16H14N4O2S. The molecule has 3 atom stereocenters. The fraction of sp³-hybridized carbons (Fsp3) is 0.438. The van der Waals surface area contributed by atoms with Crippen molar-refractivity contribution < 1.29 is 9.47 Å². The van der Waals surface area contributed by atoms with E-state index in [0.29, 0.717) is 13.2 Å². The van der Waals surface area contributed by atoms with Gasteiger partial charge in [-0.1, -0.05) is 12.1 Å². The molecule has 116 valence electrons. The van der Waals surface area contributed by atoms with Crippen LogP contribution >= 0.6 is 11.8 Å². The monoisotopic (exact) mass is 326 g/mol. The molecule has 4 rings (SSSR count). The Balaban J connectivity index is 1.87. The molecule has 1 saturated carbocycles. The number of hydrogen-bond donors (Lipinski definition) is 1. The minimum atomic E-state index is -1.45. The maximum Gasteiger partial charge on any atom is 0.293 e. The Morgan fingerprint density at radius 2 is 1.87 bits per heavy atom. The van der Waals surface area contributed by atoms with Crippen molar-refractivity contribution in [3.05, 3.63) is 29.8 Å². The molecule has 1 aromatic carbocycles. The fourth-order valence-electron chi connectivity index (χ4n) is 4.01. The normalized spacial score (nSPS) is 36.1. The van der Waals surface area contributed by atoms with E-state index in [1.165, 1.54) is 0 Å². The van der Waals surface area contributed by atoms with Crippen LogP contribution < -0.4 is 5.73 Å². The van der Waals surface area contributed by atoms with E-state index in [1.54, 1.807) is 11.8 Å². The molecule has 0 radical (unpaired) electrons. The first kappa shape index (κ1) is 14.5. The van der Waals surface area contributed by atoms with Gasteiger partial charge in [-0.05, 0) is 24.0 Å². The van der Waals surface area contributed by atoms with Gasteiger partial charge in [0.2, 0.25) is 0 Å². The Morgan fingerprint density at radius 1 is 1.22 bits per heavy atom. The van der Waals surface area contributed by atoms with Crippen LogP contribution in [0.2, 0.25) is 0 Å². The summed E-state index contributed by atoms with van der Waals surface area (Å²) >= 11 is 1.63. The smallest absolute Gasteiger partial charge is 0.293 e. The molecule has 6 nitrogen and oxygen atoms in total. The van der Waals surface area contributed by atoms with Crippen LogP contribution in [0, 0.1) is 33.5 Å². The van der Waals surface area contributed by atoms with E-state index in [0.717, 1.165) is 10.5 Å². The van der Waals surface area contributed by atoms with E-state index >= 15 is 0 Å². The summed E-state index contributed by atoms with van der Waals surface area (Å²) in [6.45, 7) is 0.666. The van der Waals surface area contributed by atoms with Crippen molar-refractivity contribution in [2.45, 2.75) is 16.7 Å². The highest BCUT2D eigenvalue weighted by Gasteiger charge is 2.94. The molecule has 1 aromatic rings. The number of nitrogens with two attached hydrogens (primary N) is 1. The molecule has 0 amide bonds. The maximum atomic E-state index is 9.95. The van der Waals surface area contributed by atoms with Crippen LogP contribution in [0.25, 0.3) is 0 Å². The average Bonchev–Trinajstić information content (AvgIpc) is 2.83. The summed E-state index contributed by atoms with van der Waals surface area (Å²) in [6.07, 6.45) is 1.99. The van der Waals surface area contributed by atoms with Crippen LogP contribution in [0.1, 0.15) is 11.5 Å². The number of aliphatic imine (C=N–C) groups is 1. The number of nitrogens with zero attached hydrogens (tertiary/aromatic N) is 3. The first-order valence-electron chi connectivity index (χ1n) is 7.22. The topological polar surface area (TPSA) is 104 Å². The van der Waals surface area contributed by atoms with Gasteiger partial charge in [0.15, 0.2) is 5.41 Å².